The average Bonchev–Trinajstić information content (AvgIpc) is 2.56. The molecule has 2 atom stereocenters. The Morgan fingerprint density at radius 1 is 1.08 bits per heavy atom. The number of nitrogens with zero attached hydrogens (tertiary/aromatic N) is 1. The van der Waals surface area contributed by atoms with Crippen LogP contribution in [0.3, 0.4) is 0 Å². The fourth-order valence-electron chi connectivity index (χ4n) is 5.02. The van der Waals surface area contributed by atoms with Crippen LogP contribution >= 0.6 is 12.4 Å². The summed E-state index contributed by atoms with van der Waals surface area (Å²) in [6, 6.07) is 5.80. The minimum atomic E-state index is -0.598. The minimum Gasteiger partial charge on any atom is -0.508 e. The number of rotatable bonds is 5. The molecule has 0 amide bonds. The van der Waals surface area contributed by atoms with Gasteiger partial charge in [0.25, 0.3) is 0 Å². The van der Waals surface area contributed by atoms with Gasteiger partial charge in [-0.05, 0) is 75.0 Å². The van der Waals surface area contributed by atoms with E-state index in [0.29, 0.717) is 5.75 Å². The van der Waals surface area contributed by atoms with E-state index >= 15 is 0 Å². The monoisotopic (exact) mass is 353 g/mol. The second-order valence-electron chi connectivity index (χ2n) is 7.44. The number of phenolic OH excluding ortho intramolecular Hbond substituents is 1. The first-order valence-electron chi connectivity index (χ1n) is 9.32. The van der Waals surface area contributed by atoms with Crippen molar-refractivity contribution >= 4 is 12.4 Å². The predicted octanol–water partition coefficient (Wildman–Crippen LogP) is 4.04. The lowest BCUT2D eigenvalue weighted by Gasteiger charge is -2.55. The van der Waals surface area contributed by atoms with Gasteiger partial charge in [-0.1, -0.05) is 32.8 Å². The summed E-state index contributed by atoms with van der Waals surface area (Å²) in [6.45, 7) is 7.53. The number of benzene rings is 1. The van der Waals surface area contributed by atoms with Gasteiger partial charge in [0, 0.05) is 5.41 Å². The lowest BCUT2D eigenvalue weighted by Crippen LogP contribution is -2.57. The van der Waals surface area contributed by atoms with Gasteiger partial charge in [-0.2, -0.15) is 0 Å². The zero-order chi connectivity index (χ0) is 16.5. The smallest absolute Gasteiger partial charge is 0.115 e. The quantitative estimate of drug-likeness (QED) is 0.839. The molecule has 2 aliphatic carbocycles. The molecule has 3 nitrogen and oxygen atoms in total. The second-order valence-corrected chi connectivity index (χ2v) is 7.44. The highest BCUT2D eigenvalue weighted by atomic mass is 35.5. The highest BCUT2D eigenvalue weighted by Gasteiger charge is 2.54. The van der Waals surface area contributed by atoms with Crippen LogP contribution in [-0.2, 0) is 11.8 Å². The first-order valence-corrected chi connectivity index (χ1v) is 9.32. The summed E-state index contributed by atoms with van der Waals surface area (Å²) in [5.74, 6) is 0.334. The van der Waals surface area contributed by atoms with Gasteiger partial charge in [0.2, 0.25) is 0 Å². The molecule has 4 heteroatoms. The summed E-state index contributed by atoms with van der Waals surface area (Å²) < 4.78 is 0. The van der Waals surface area contributed by atoms with E-state index < -0.39 is 5.60 Å². The van der Waals surface area contributed by atoms with Crippen molar-refractivity contribution in [2.45, 2.75) is 69.8 Å². The van der Waals surface area contributed by atoms with Crippen LogP contribution in [0.2, 0.25) is 0 Å². The minimum absolute atomic E-state index is 0. The van der Waals surface area contributed by atoms with Gasteiger partial charge in [0.15, 0.2) is 0 Å². The summed E-state index contributed by atoms with van der Waals surface area (Å²) >= 11 is 0. The number of aryl methyl sites for hydroxylation is 1. The Morgan fingerprint density at radius 3 is 2.50 bits per heavy atom. The number of hydrogen-bond acceptors (Lipinski definition) is 3. The summed E-state index contributed by atoms with van der Waals surface area (Å²) in [7, 11) is 0. The molecule has 1 aromatic rings. The van der Waals surface area contributed by atoms with E-state index in [1.54, 1.807) is 6.07 Å². The van der Waals surface area contributed by atoms with Gasteiger partial charge in [-0.25, -0.2) is 0 Å². The molecule has 3 rings (SSSR count). The molecule has 1 aromatic carbocycles. The molecule has 0 spiro atoms. The molecule has 0 unspecified atom stereocenters. The fourth-order valence-corrected chi connectivity index (χ4v) is 5.02. The molecular formula is C20H32ClNO2. The molecule has 0 aromatic heterocycles. The van der Waals surface area contributed by atoms with Crippen molar-refractivity contribution < 1.29 is 10.2 Å². The van der Waals surface area contributed by atoms with Gasteiger partial charge in [-0.15, -0.1) is 12.4 Å². The van der Waals surface area contributed by atoms with E-state index in [1.165, 1.54) is 17.5 Å². The van der Waals surface area contributed by atoms with Crippen LogP contribution in [0.5, 0.6) is 5.75 Å². The Hall–Kier alpha value is -0.770. The standard InChI is InChI=1S/C20H31NO2.ClH/c1-3-21(4-2)14-13-19-10-5-6-11-20(19,23)12-9-16-7-8-17(22)15-18(16)19;/h7-8,15,22-23H,3-6,9-14H2,1-2H3;1H/t19-,20+;/m0./s1. The van der Waals surface area contributed by atoms with Crippen molar-refractivity contribution in [1.82, 2.24) is 4.90 Å². The Labute approximate surface area is 152 Å². The maximum atomic E-state index is 11.5. The number of halogens is 1. The first kappa shape index (κ1) is 19.6. The Morgan fingerprint density at radius 2 is 1.79 bits per heavy atom. The number of phenols is 1. The van der Waals surface area contributed by atoms with Crippen molar-refractivity contribution in [1.29, 1.82) is 0 Å². The number of hydrogen-bond donors (Lipinski definition) is 2. The Kier molecular flexibility index (Phi) is 6.22. The van der Waals surface area contributed by atoms with E-state index in [0.717, 1.165) is 58.2 Å². The molecule has 0 bridgehead atoms. The normalized spacial score (nSPS) is 28.8. The molecule has 2 aliphatic rings. The van der Waals surface area contributed by atoms with Crippen LogP contribution in [0.1, 0.15) is 63.5 Å². The SMILES string of the molecule is CCN(CC)CC[C@]12CCCC[C@@]1(O)CCc1ccc(O)cc12.Cl. The molecule has 0 saturated heterocycles. The van der Waals surface area contributed by atoms with E-state index in [2.05, 4.69) is 24.8 Å². The molecular weight excluding hydrogens is 322 g/mol. The molecule has 1 saturated carbocycles. The van der Waals surface area contributed by atoms with Gasteiger partial charge >= 0.3 is 0 Å². The lowest BCUT2D eigenvalue weighted by molar-refractivity contribution is -0.0894. The summed E-state index contributed by atoms with van der Waals surface area (Å²) in [5.41, 5.74) is 1.77. The van der Waals surface area contributed by atoms with Gasteiger partial charge in [0.1, 0.15) is 5.75 Å². The van der Waals surface area contributed by atoms with Crippen LogP contribution in [0, 0.1) is 0 Å². The average molecular weight is 354 g/mol. The molecule has 2 N–H and O–H groups in total. The van der Waals surface area contributed by atoms with Crippen molar-refractivity contribution in [2.75, 3.05) is 19.6 Å². The van der Waals surface area contributed by atoms with Crippen molar-refractivity contribution in [2.24, 2.45) is 0 Å². The Bertz CT molecular complexity index is 561. The highest BCUT2D eigenvalue weighted by Crippen LogP contribution is 2.55. The van der Waals surface area contributed by atoms with E-state index in [9.17, 15) is 10.2 Å². The molecule has 0 heterocycles. The zero-order valence-electron chi connectivity index (χ0n) is 15.1. The Balaban J connectivity index is 0.00000208. The van der Waals surface area contributed by atoms with Crippen LogP contribution in [0.15, 0.2) is 18.2 Å². The summed E-state index contributed by atoms with van der Waals surface area (Å²) in [4.78, 5) is 2.45. The molecule has 24 heavy (non-hydrogen) atoms. The maximum absolute atomic E-state index is 11.5. The van der Waals surface area contributed by atoms with Crippen LogP contribution < -0.4 is 0 Å². The van der Waals surface area contributed by atoms with Crippen molar-refractivity contribution in [3.8, 4) is 5.75 Å². The number of fused-ring (bicyclic) bond motifs is 3. The third-order valence-electron chi connectivity index (χ3n) is 6.50. The van der Waals surface area contributed by atoms with Crippen LogP contribution in [0.4, 0.5) is 0 Å². The predicted molar refractivity (Wildman–Crippen MR) is 101 cm³/mol. The topological polar surface area (TPSA) is 43.7 Å². The van der Waals surface area contributed by atoms with Gasteiger partial charge in [0.05, 0.1) is 5.60 Å². The lowest BCUT2D eigenvalue weighted by atomic mass is 9.53. The first-order chi connectivity index (χ1) is 11.0. The largest absolute Gasteiger partial charge is 0.508 e. The van der Waals surface area contributed by atoms with Crippen molar-refractivity contribution in [3.63, 3.8) is 0 Å². The third kappa shape index (κ3) is 3.18. The molecule has 0 aliphatic heterocycles. The molecule has 1 fully saturated rings. The zero-order valence-corrected chi connectivity index (χ0v) is 15.9. The third-order valence-corrected chi connectivity index (χ3v) is 6.50. The maximum Gasteiger partial charge on any atom is 0.115 e. The second kappa shape index (κ2) is 7.63. The van der Waals surface area contributed by atoms with E-state index in [-0.39, 0.29) is 17.8 Å². The molecule has 136 valence electrons. The highest BCUT2D eigenvalue weighted by molar-refractivity contribution is 5.85. The van der Waals surface area contributed by atoms with E-state index in [4.69, 9.17) is 0 Å². The van der Waals surface area contributed by atoms with Crippen LogP contribution in [-0.4, -0.2) is 40.3 Å². The number of aromatic hydroxyl groups is 1. The van der Waals surface area contributed by atoms with Crippen molar-refractivity contribution in [3.05, 3.63) is 29.3 Å². The van der Waals surface area contributed by atoms with Crippen LogP contribution in [0.25, 0.3) is 0 Å². The van der Waals surface area contributed by atoms with E-state index in [1.807, 2.05) is 6.07 Å². The summed E-state index contributed by atoms with van der Waals surface area (Å²) in [5, 5.41) is 21.6. The van der Waals surface area contributed by atoms with Gasteiger partial charge in [-0.3, -0.25) is 0 Å². The fraction of sp³-hybridized carbons (Fsp3) is 0.700. The van der Waals surface area contributed by atoms with Gasteiger partial charge < -0.3 is 15.1 Å². The molecule has 0 radical (unpaired) electrons. The number of aliphatic hydroxyl groups is 1. The summed E-state index contributed by atoms with van der Waals surface area (Å²) in [6.07, 6.45) is 7.03.